The van der Waals surface area contributed by atoms with Gasteiger partial charge in [-0.15, -0.1) is 0 Å². The highest BCUT2D eigenvalue weighted by Gasteiger charge is 2.09. The van der Waals surface area contributed by atoms with Crippen LogP contribution in [0.25, 0.3) is 11.3 Å². The summed E-state index contributed by atoms with van der Waals surface area (Å²) in [6, 6.07) is 19.4. The summed E-state index contributed by atoms with van der Waals surface area (Å²) in [5.41, 5.74) is 4.79. The van der Waals surface area contributed by atoms with E-state index in [0.717, 1.165) is 36.3 Å². The molecule has 1 heterocycles. The molecule has 0 N–H and O–H groups in total. The molecule has 0 spiro atoms. The molecule has 0 bridgehead atoms. The van der Waals surface area contributed by atoms with Crippen molar-refractivity contribution < 1.29 is 14.3 Å². The van der Waals surface area contributed by atoms with Gasteiger partial charge in [0.05, 0.1) is 17.9 Å². The Morgan fingerprint density at radius 1 is 0.650 bits per heavy atom. The zero-order chi connectivity index (χ0) is 28.3. The SMILES string of the molecule is CCCCCCCCCCc1ccc(C(=O)Oc2ccc(-c3ccc(COCCCCCCC)cn3)cc2)cc1. The second-order valence-electron chi connectivity index (χ2n) is 10.9. The molecule has 3 rings (SSSR count). The molecule has 0 atom stereocenters. The standard InChI is InChI=1S/C36H49NO3/c1-3-5-7-9-10-11-12-14-16-30-17-20-33(21-18-30)36(38)40-34-24-22-32(23-25-34)35-26-19-31(28-37-35)29-39-27-15-13-8-6-4-2/h17-26,28H,3-16,27,29H2,1-2H3. The van der Waals surface area contributed by atoms with Gasteiger partial charge in [0.25, 0.3) is 0 Å². The summed E-state index contributed by atoms with van der Waals surface area (Å²) in [5.74, 6) is 0.194. The molecule has 4 nitrogen and oxygen atoms in total. The predicted molar refractivity (Wildman–Crippen MR) is 166 cm³/mol. The summed E-state index contributed by atoms with van der Waals surface area (Å²) in [6.45, 7) is 5.88. The van der Waals surface area contributed by atoms with Crippen LogP contribution in [-0.4, -0.2) is 17.6 Å². The van der Waals surface area contributed by atoms with Crippen LogP contribution >= 0.6 is 0 Å². The van der Waals surface area contributed by atoms with Crippen LogP contribution < -0.4 is 4.74 Å². The third kappa shape index (κ3) is 12.0. The van der Waals surface area contributed by atoms with E-state index < -0.39 is 0 Å². The molecule has 0 saturated carbocycles. The Morgan fingerprint density at radius 3 is 1.88 bits per heavy atom. The van der Waals surface area contributed by atoms with Crippen LogP contribution in [0.2, 0.25) is 0 Å². The minimum atomic E-state index is -0.334. The Kier molecular flexibility index (Phi) is 15.1. The number of aromatic nitrogens is 1. The molecule has 2 aromatic carbocycles. The van der Waals surface area contributed by atoms with Gasteiger partial charge in [-0.1, -0.05) is 103 Å². The van der Waals surface area contributed by atoms with Crippen LogP contribution in [0, 0.1) is 0 Å². The van der Waals surface area contributed by atoms with Crippen molar-refractivity contribution >= 4 is 5.97 Å². The fourth-order valence-electron chi connectivity index (χ4n) is 4.81. The number of hydrogen-bond donors (Lipinski definition) is 0. The van der Waals surface area contributed by atoms with Gasteiger partial charge in [0.1, 0.15) is 5.75 Å². The lowest BCUT2D eigenvalue weighted by Crippen LogP contribution is -2.08. The summed E-state index contributed by atoms with van der Waals surface area (Å²) in [6.07, 6.45) is 19.7. The summed E-state index contributed by atoms with van der Waals surface area (Å²) in [5, 5.41) is 0. The highest BCUT2D eigenvalue weighted by atomic mass is 16.5. The smallest absolute Gasteiger partial charge is 0.343 e. The largest absolute Gasteiger partial charge is 0.423 e. The number of aryl methyl sites for hydroxylation is 1. The van der Waals surface area contributed by atoms with Gasteiger partial charge in [-0.25, -0.2) is 4.79 Å². The van der Waals surface area contributed by atoms with Crippen molar-refractivity contribution in [3.05, 3.63) is 83.6 Å². The second-order valence-corrected chi connectivity index (χ2v) is 10.9. The van der Waals surface area contributed by atoms with Gasteiger partial charge < -0.3 is 9.47 Å². The van der Waals surface area contributed by atoms with Crippen molar-refractivity contribution in [2.45, 2.75) is 110 Å². The van der Waals surface area contributed by atoms with Gasteiger partial charge in [0.2, 0.25) is 0 Å². The lowest BCUT2D eigenvalue weighted by molar-refractivity contribution is 0.0734. The molecule has 3 aromatic rings. The Morgan fingerprint density at radius 2 is 1.25 bits per heavy atom. The topological polar surface area (TPSA) is 48.4 Å². The molecule has 0 amide bonds. The van der Waals surface area contributed by atoms with Crippen molar-refractivity contribution in [2.75, 3.05) is 6.61 Å². The average Bonchev–Trinajstić information content (AvgIpc) is 2.99. The fraction of sp³-hybridized carbons (Fsp3) is 0.500. The molecule has 216 valence electrons. The third-order valence-electron chi connectivity index (χ3n) is 7.35. The maximum Gasteiger partial charge on any atom is 0.343 e. The lowest BCUT2D eigenvalue weighted by atomic mass is 10.0. The fourth-order valence-corrected chi connectivity index (χ4v) is 4.81. The van der Waals surface area contributed by atoms with E-state index in [-0.39, 0.29) is 5.97 Å². The number of carbonyl (C=O) groups is 1. The number of nitrogens with zero attached hydrogens (tertiary/aromatic N) is 1. The van der Waals surface area contributed by atoms with E-state index >= 15 is 0 Å². The summed E-state index contributed by atoms with van der Waals surface area (Å²) in [7, 11) is 0. The number of carbonyl (C=O) groups excluding carboxylic acids is 1. The molecule has 1 aromatic heterocycles. The van der Waals surface area contributed by atoms with Crippen LogP contribution in [0.5, 0.6) is 5.75 Å². The number of esters is 1. The minimum absolute atomic E-state index is 0.334. The van der Waals surface area contributed by atoms with Gasteiger partial charge in [-0.05, 0) is 72.9 Å². The molecule has 0 fully saturated rings. The number of ether oxygens (including phenoxy) is 2. The van der Waals surface area contributed by atoms with Gasteiger partial charge in [0.15, 0.2) is 0 Å². The van der Waals surface area contributed by atoms with Crippen molar-refractivity contribution in [1.82, 2.24) is 4.98 Å². The number of unbranched alkanes of at least 4 members (excludes halogenated alkanes) is 11. The van der Waals surface area contributed by atoms with Crippen LogP contribution in [-0.2, 0) is 17.8 Å². The molecule has 0 unspecified atom stereocenters. The zero-order valence-electron chi connectivity index (χ0n) is 24.8. The van der Waals surface area contributed by atoms with Crippen LogP contribution in [0.15, 0.2) is 66.9 Å². The maximum absolute atomic E-state index is 12.7. The molecule has 40 heavy (non-hydrogen) atoms. The van der Waals surface area contributed by atoms with Crippen LogP contribution in [0.3, 0.4) is 0 Å². The molecule has 4 heteroatoms. The van der Waals surface area contributed by atoms with Gasteiger partial charge in [-0.2, -0.15) is 0 Å². The third-order valence-corrected chi connectivity index (χ3v) is 7.35. The molecule has 0 aliphatic carbocycles. The second kappa shape index (κ2) is 19.2. The first-order valence-corrected chi connectivity index (χ1v) is 15.6. The van der Waals surface area contributed by atoms with E-state index in [2.05, 4.69) is 37.0 Å². The van der Waals surface area contributed by atoms with Crippen LogP contribution in [0.4, 0.5) is 0 Å². The number of hydrogen-bond acceptors (Lipinski definition) is 4. The monoisotopic (exact) mass is 543 g/mol. The predicted octanol–water partition coefficient (Wildman–Crippen LogP) is 10.1. The highest BCUT2D eigenvalue weighted by Crippen LogP contribution is 2.22. The molecular formula is C36H49NO3. The van der Waals surface area contributed by atoms with Gasteiger partial charge in [0, 0.05) is 18.4 Å². The first-order chi connectivity index (χ1) is 19.7. The number of benzene rings is 2. The van der Waals surface area contributed by atoms with Crippen molar-refractivity contribution in [1.29, 1.82) is 0 Å². The van der Waals surface area contributed by atoms with E-state index in [1.165, 1.54) is 82.6 Å². The van der Waals surface area contributed by atoms with E-state index in [9.17, 15) is 4.79 Å². The molecule has 0 aliphatic rings. The van der Waals surface area contributed by atoms with E-state index in [1.54, 1.807) is 0 Å². The van der Waals surface area contributed by atoms with Gasteiger partial charge in [-0.3, -0.25) is 4.98 Å². The summed E-state index contributed by atoms with van der Waals surface area (Å²) in [4.78, 5) is 17.2. The Hall–Kier alpha value is -2.98. The summed E-state index contributed by atoms with van der Waals surface area (Å²) < 4.78 is 11.4. The quantitative estimate of drug-likeness (QED) is 0.0808. The van der Waals surface area contributed by atoms with Crippen molar-refractivity contribution in [2.24, 2.45) is 0 Å². The Bertz CT molecular complexity index is 1070. The average molecular weight is 544 g/mol. The van der Waals surface area contributed by atoms with E-state index in [0.29, 0.717) is 17.9 Å². The maximum atomic E-state index is 12.7. The first kappa shape index (κ1) is 31.5. The number of rotatable bonds is 20. The Balaban J connectivity index is 1.37. The highest BCUT2D eigenvalue weighted by molar-refractivity contribution is 5.91. The molecule has 0 aliphatic heterocycles. The molecule has 0 saturated heterocycles. The van der Waals surface area contributed by atoms with Crippen LogP contribution in [0.1, 0.15) is 119 Å². The van der Waals surface area contributed by atoms with E-state index in [1.807, 2.05) is 48.7 Å². The number of pyridine rings is 1. The molecular weight excluding hydrogens is 494 g/mol. The normalized spacial score (nSPS) is 11.1. The first-order valence-electron chi connectivity index (χ1n) is 15.6. The van der Waals surface area contributed by atoms with Gasteiger partial charge >= 0.3 is 5.97 Å². The summed E-state index contributed by atoms with van der Waals surface area (Å²) >= 11 is 0. The minimum Gasteiger partial charge on any atom is -0.423 e. The Labute approximate surface area is 242 Å². The molecule has 0 radical (unpaired) electrons. The van der Waals surface area contributed by atoms with Crippen molar-refractivity contribution in [3.63, 3.8) is 0 Å². The lowest BCUT2D eigenvalue weighted by Gasteiger charge is -2.08. The van der Waals surface area contributed by atoms with E-state index in [4.69, 9.17) is 9.47 Å². The van der Waals surface area contributed by atoms with Crippen molar-refractivity contribution in [3.8, 4) is 17.0 Å². The zero-order valence-corrected chi connectivity index (χ0v) is 24.8.